The van der Waals surface area contributed by atoms with Gasteiger partial charge in [0.15, 0.2) is 0 Å². The van der Waals surface area contributed by atoms with Gasteiger partial charge in [-0.15, -0.1) is 0 Å². The maximum Gasteiger partial charge on any atom is 0.119 e. The Bertz CT molecular complexity index is 533. The van der Waals surface area contributed by atoms with Gasteiger partial charge >= 0.3 is 0 Å². The first-order chi connectivity index (χ1) is 10.3. The van der Waals surface area contributed by atoms with Gasteiger partial charge in [-0.25, -0.2) is 0 Å². The molecule has 1 fully saturated rings. The van der Waals surface area contributed by atoms with Crippen LogP contribution in [0, 0.1) is 0 Å². The summed E-state index contributed by atoms with van der Waals surface area (Å²) in [7, 11) is 4.01. The molecule has 21 heavy (non-hydrogen) atoms. The van der Waals surface area contributed by atoms with Gasteiger partial charge in [0.25, 0.3) is 0 Å². The van der Waals surface area contributed by atoms with Gasteiger partial charge < -0.3 is 18.8 Å². The zero-order valence-corrected chi connectivity index (χ0v) is 13.2. The predicted octanol–water partition coefficient (Wildman–Crippen LogP) is 3.54. The van der Waals surface area contributed by atoms with Gasteiger partial charge in [0.2, 0.25) is 0 Å². The van der Waals surface area contributed by atoms with Gasteiger partial charge in [-0.05, 0) is 48.5 Å². The largest absolute Gasteiger partial charge is 0.497 e. The smallest absolute Gasteiger partial charge is 0.119 e. The van der Waals surface area contributed by atoms with E-state index in [-0.39, 0.29) is 0 Å². The Morgan fingerprint density at radius 2 is 1.10 bits per heavy atom. The molecule has 0 saturated carbocycles. The van der Waals surface area contributed by atoms with E-state index < -0.39 is 0 Å². The number of rotatable bonds is 4. The first-order valence-electron chi connectivity index (χ1n) is 6.89. The van der Waals surface area contributed by atoms with Gasteiger partial charge in [-0.2, -0.15) is 0 Å². The molecule has 0 unspecified atom stereocenters. The molecule has 0 radical (unpaired) electrons. The average Bonchev–Trinajstić information content (AvgIpc) is 3.05. The molecule has 1 aliphatic heterocycles. The molecule has 2 aromatic carbocycles. The lowest BCUT2D eigenvalue weighted by Crippen LogP contribution is -2.10. The molecule has 5 heteroatoms. The fourth-order valence-electron chi connectivity index (χ4n) is 2.34. The summed E-state index contributed by atoms with van der Waals surface area (Å²) in [6, 6.07) is 16.5. The van der Waals surface area contributed by atoms with E-state index in [1.807, 2.05) is 24.3 Å². The number of anilines is 2. The number of hydrogen-bond donors (Lipinski definition) is 0. The molecule has 1 saturated heterocycles. The van der Waals surface area contributed by atoms with Gasteiger partial charge in [0, 0.05) is 24.5 Å². The number of nitrogens with zero attached hydrogens (tertiary/aromatic N) is 2. The van der Waals surface area contributed by atoms with Crippen molar-refractivity contribution in [2.75, 3.05) is 36.6 Å². The number of benzene rings is 2. The van der Waals surface area contributed by atoms with Crippen molar-refractivity contribution in [2.45, 2.75) is 0 Å². The molecule has 1 heterocycles. The van der Waals surface area contributed by atoms with Crippen molar-refractivity contribution < 1.29 is 9.47 Å². The second-order valence-electron chi connectivity index (χ2n) is 4.80. The maximum absolute atomic E-state index is 5.21. The number of hydrogen-bond acceptors (Lipinski definition) is 4. The second kappa shape index (κ2) is 6.23. The van der Waals surface area contributed by atoms with Crippen molar-refractivity contribution in [1.82, 2.24) is 0 Å². The SMILES string of the molecule is COc1ccc(N2CCN(c3ccc(OC)cc3)P2)cc1. The van der Waals surface area contributed by atoms with Gasteiger partial charge in [-0.1, -0.05) is 0 Å². The minimum Gasteiger partial charge on any atom is -0.497 e. The Kier molecular flexibility index (Phi) is 4.16. The van der Waals surface area contributed by atoms with Crippen molar-refractivity contribution in [3.8, 4) is 11.5 Å². The summed E-state index contributed by atoms with van der Waals surface area (Å²) >= 11 is 0. The molecule has 0 spiro atoms. The van der Waals surface area contributed by atoms with Crippen LogP contribution in [-0.2, 0) is 0 Å². The highest BCUT2D eigenvalue weighted by Crippen LogP contribution is 2.39. The summed E-state index contributed by atoms with van der Waals surface area (Å²) in [5, 5.41) is 0. The molecule has 0 aliphatic carbocycles. The molecule has 0 atom stereocenters. The fraction of sp³-hybridized carbons (Fsp3) is 0.250. The van der Waals surface area contributed by atoms with Crippen LogP contribution in [0.5, 0.6) is 11.5 Å². The molecule has 0 bridgehead atoms. The van der Waals surface area contributed by atoms with E-state index in [0.717, 1.165) is 24.6 Å². The third-order valence-electron chi connectivity index (χ3n) is 3.56. The lowest BCUT2D eigenvalue weighted by Gasteiger charge is -2.21. The quantitative estimate of drug-likeness (QED) is 0.807. The topological polar surface area (TPSA) is 24.9 Å². The van der Waals surface area contributed by atoms with Gasteiger partial charge in [0.1, 0.15) is 11.5 Å². The first kappa shape index (κ1) is 14.0. The Morgan fingerprint density at radius 1 is 0.714 bits per heavy atom. The van der Waals surface area contributed by atoms with E-state index >= 15 is 0 Å². The van der Waals surface area contributed by atoms with Crippen LogP contribution in [0.4, 0.5) is 11.4 Å². The van der Waals surface area contributed by atoms with Crippen LogP contribution in [0.1, 0.15) is 0 Å². The number of ether oxygens (including phenoxy) is 2. The highest BCUT2D eigenvalue weighted by Gasteiger charge is 2.21. The lowest BCUT2D eigenvalue weighted by molar-refractivity contribution is 0.414. The highest BCUT2D eigenvalue weighted by atomic mass is 31.1. The minimum atomic E-state index is 0.626. The van der Waals surface area contributed by atoms with Crippen LogP contribution in [0.15, 0.2) is 48.5 Å². The van der Waals surface area contributed by atoms with Crippen molar-refractivity contribution >= 4 is 20.3 Å². The first-order valence-corrected chi connectivity index (χ1v) is 7.79. The third kappa shape index (κ3) is 3.06. The Hall–Kier alpha value is -1.93. The summed E-state index contributed by atoms with van der Waals surface area (Å²) in [4.78, 5) is 0. The molecular formula is C16H19N2O2P. The highest BCUT2D eigenvalue weighted by molar-refractivity contribution is 7.42. The standard InChI is InChI=1S/C16H19N2O2P/c1-19-15-7-3-13(4-8-15)17-11-12-18(21-17)14-5-9-16(20-2)10-6-14/h3-10,21H,11-12H2,1-2H3. The summed E-state index contributed by atoms with van der Waals surface area (Å²) in [6.07, 6.45) is 0. The van der Waals surface area contributed by atoms with Crippen LogP contribution in [0.3, 0.4) is 0 Å². The molecule has 0 amide bonds. The molecular weight excluding hydrogens is 283 g/mol. The van der Waals surface area contributed by atoms with Crippen molar-refractivity contribution in [3.63, 3.8) is 0 Å². The van der Waals surface area contributed by atoms with Crippen LogP contribution < -0.4 is 18.8 Å². The molecule has 1 aliphatic rings. The summed E-state index contributed by atoms with van der Waals surface area (Å²) in [6.45, 7) is 2.08. The average molecular weight is 302 g/mol. The van der Waals surface area contributed by atoms with E-state index in [2.05, 4.69) is 33.6 Å². The molecule has 0 aromatic heterocycles. The maximum atomic E-state index is 5.21. The van der Waals surface area contributed by atoms with Crippen molar-refractivity contribution in [3.05, 3.63) is 48.5 Å². The molecule has 4 nitrogen and oxygen atoms in total. The van der Waals surface area contributed by atoms with E-state index in [9.17, 15) is 0 Å². The number of methoxy groups -OCH3 is 2. The Morgan fingerprint density at radius 3 is 1.43 bits per heavy atom. The summed E-state index contributed by atoms with van der Waals surface area (Å²) in [5.41, 5.74) is 2.48. The zero-order chi connectivity index (χ0) is 14.7. The fourth-order valence-corrected chi connectivity index (χ4v) is 3.56. The summed E-state index contributed by atoms with van der Waals surface area (Å²) in [5.74, 6) is 1.79. The van der Waals surface area contributed by atoms with E-state index in [4.69, 9.17) is 9.47 Å². The minimum absolute atomic E-state index is 0.626. The Balaban J connectivity index is 1.68. The van der Waals surface area contributed by atoms with Crippen LogP contribution in [-0.4, -0.2) is 27.3 Å². The van der Waals surface area contributed by atoms with E-state index in [1.165, 1.54) is 11.4 Å². The predicted molar refractivity (Wildman–Crippen MR) is 89.0 cm³/mol. The molecule has 3 rings (SSSR count). The summed E-state index contributed by atoms with van der Waals surface area (Å²) < 4.78 is 15.2. The zero-order valence-electron chi connectivity index (χ0n) is 12.2. The van der Waals surface area contributed by atoms with Crippen molar-refractivity contribution in [2.24, 2.45) is 0 Å². The Labute approximate surface area is 127 Å². The van der Waals surface area contributed by atoms with Gasteiger partial charge in [-0.3, -0.25) is 0 Å². The van der Waals surface area contributed by atoms with Crippen LogP contribution in [0.25, 0.3) is 0 Å². The van der Waals surface area contributed by atoms with Gasteiger partial charge in [0.05, 0.1) is 23.1 Å². The normalized spacial score (nSPS) is 14.4. The van der Waals surface area contributed by atoms with E-state index in [1.54, 1.807) is 14.2 Å². The van der Waals surface area contributed by atoms with Crippen LogP contribution >= 0.6 is 8.88 Å². The molecule has 110 valence electrons. The third-order valence-corrected chi connectivity index (χ3v) is 5.00. The molecule has 2 aromatic rings. The second-order valence-corrected chi connectivity index (χ2v) is 6.08. The van der Waals surface area contributed by atoms with Crippen molar-refractivity contribution in [1.29, 1.82) is 0 Å². The van der Waals surface area contributed by atoms with Crippen LogP contribution in [0.2, 0.25) is 0 Å². The van der Waals surface area contributed by atoms with E-state index in [0.29, 0.717) is 8.88 Å². The monoisotopic (exact) mass is 302 g/mol. The lowest BCUT2D eigenvalue weighted by atomic mass is 10.3. The molecule has 0 N–H and O–H groups in total.